The molecule has 1 fully saturated rings. The quantitative estimate of drug-likeness (QED) is 0.514. The van der Waals surface area contributed by atoms with E-state index in [4.69, 9.17) is 21.4 Å². The Labute approximate surface area is 187 Å². The number of nitrogens with one attached hydrogen (secondary N) is 1. The van der Waals surface area contributed by atoms with Crippen molar-refractivity contribution < 1.29 is 9.53 Å². The summed E-state index contributed by atoms with van der Waals surface area (Å²) >= 11 is 6.23. The highest BCUT2D eigenvalue weighted by molar-refractivity contribution is 6.30. The molecule has 162 valence electrons. The zero-order valence-corrected chi connectivity index (χ0v) is 18.8. The lowest BCUT2D eigenvalue weighted by Gasteiger charge is -2.24. The summed E-state index contributed by atoms with van der Waals surface area (Å²) in [5, 5.41) is 8.39. The molecule has 0 radical (unpaired) electrons. The largest absolute Gasteiger partial charge is 0.439 e. The lowest BCUT2D eigenvalue weighted by Crippen LogP contribution is -2.43. The third-order valence-electron chi connectivity index (χ3n) is 5.14. The van der Waals surface area contributed by atoms with Crippen molar-refractivity contribution in [1.82, 2.24) is 20.0 Å². The van der Waals surface area contributed by atoms with Crippen LogP contribution in [0.3, 0.4) is 0 Å². The predicted molar refractivity (Wildman–Crippen MR) is 122 cm³/mol. The molecule has 0 aliphatic heterocycles. The van der Waals surface area contributed by atoms with Crippen LogP contribution in [0.25, 0.3) is 5.69 Å². The maximum absolute atomic E-state index is 12.9. The molecule has 1 aliphatic carbocycles. The second-order valence-corrected chi connectivity index (χ2v) is 8.58. The Morgan fingerprint density at radius 1 is 1.23 bits per heavy atom. The van der Waals surface area contributed by atoms with Crippen LogP contribution in [-0.2, 0) is 6.54 Å². The third-order valence-corrected chi connectivity index (χ3v) is 5.37. The molecular weight excluding hydrogens is 412 g/mol. The van der Waals surface area contributed by atoms with Crippen LogP contribution in [0.1, 0.15) is 37.9 Å². The molecule has 3 aromatic rings. The zero-order valence-electron chi connectivity index (χ0n) is 18.0. The van der Waals surface area contributed by atoms with Crippen molar-refractivity contribution >= 4 is 17.6 Å². The van der Waals surface area contributed by atoms with E-state index in [1.807, 2.05) is 80.3 Å². The van der Waals surface area contributed by atoms with Crippen LogP contribution in [0.4, 0.5) is 4.79 Å². The van der Waals surface area contributed by atoms with E-state index in [2.05, 4.69) is 5.32 Å². The van der Waals surface area contributed by atoms with E-state index in [-0.39, 0.29) is 18.1 Å². The smallest absolute Gasteiger partial charge is 0.318 e. The molecule has 1 saturated carbocycles. The molecule has 4 rings (SSSR count). The Hall–Kier alpha value is -2.99. The monoisotopic (exact) mass is 438 g/mol. The predicted octanol–water partition coefficient (Wildman–Crippen LogP) is 5.71. The summed E-state index contributed by atoms with van der Waals surface area (Å²) in [6.07, 6.45) is 2.03. The molecular formula is C24H27ClN4O2. The van der Waals surface area contributed by atoms with Gasteiger partial charge in [-0.2, -0.15) is 5.10 Å². The van der Waals surface area contributed by atoms with Crippen molar-refractivity contribution in [2.45, 2.75) is 52.2 Å². The SMILES string of the molecule is Cc1nn(-c2cccc(Cl)c2)c(Oc2ccccc2)c1CN(C(=O)NC(C)C)C1CC1. The van der Waals surface area contributed by atoms with Gasteiger partial charge in [0.1, 0.15) is 5.75 Å². The van der Waals surface area contributed by atoms with Gasteiger partial charge in [-0.3, -0.25) is 0 Å². The number of aromatic nitrogens is 2. The molecule has 6 nitrogen and oxygen atoms in total. The van der Waals surface area contributed by atoms with Gasteiger partial charge < -0.3 is 15.0 Å². The van der Waals surface area contributed by atoms with Gasteiger partial charge in [0.25, 0.3) is 0 Å². The minimum atomic E-state index is -0.0573. The van der Waals surface area contributed by atoms with E-state index < -0.39 is 0 Å². The fraction of sp³-hybridized carbons (Fsp3) is 0.333. The van der Waals surface area contributed by atoms with Gasteiger partial charge in [0.2, 0.25) is 5.88 Å². The van der Waals surface area contributed by atoms with Gasteiger partial charge >= 0.3 is 6.03 Å². The number of amides is 2. The minimum Gasteiger partial charge on any atom is -0.439 e. The number of nitrogens with zero attached hydrogens (tertiary/aromatic N) is 3. The Morgan fingerprint density at radius 3 is 2.61 bits per heavy atom. The summed E-state index contributed by atoms with van der Waals surface area (Å²) < 4.78 is 8.08. The first kappa shape index (κ1) is 21.2. The van der Waals surface area contributed by atoms with E-state index >= 15 is 0 Å². The summed E-state index contributed by atoms with van der Waals surface area (Å²) in [6, 6.07) is 17.3. The number of carbonyl (C=O) groups excluding carboxylic acids is 1. The van der Waals surface area contributed by atoms with Crippen molar-refractivity contribution in [3.63, 3.8) is 0 Å². The molecule has 1 aromatic heterocycles. The minimum absolute atomic E-state index is 0.0573. The highest BCUT2D eigenvalue weighted by atomic mass is 35.5. The number of para-hydroxylation sites is 1. The lowest BCUT2D eigenvalue weighted by molar-refractivity contribution is 0.189. The first-order valence-electron chi connectivity index (χ1n) is 10.6. The molecule has 2 aromatic carbocycles. The topological polar surface area (TPSA) is 59.4 Å². The third kappa shape index (κ3) is 5.02. The lowest BCUT2D eigenvalue weighted by atomic mass is 10.2. The molecule has 0 saturated heterocycles. The first-order chi connectivity index (χ1) is 14.9. The van der Waals surface area contributed by atoms with Crippen molar-refractivity contribution in [3.8, 4) is 17.3 Å². The average Bonchev–Trinajstić information content (AvgIpc) is 3.52. The van der Waals surface area contributed by atoms with Gasteiger partial charge in [-0.15, -0.1) is 0 Å². The summed E-state index contributed by atoms with van der Waals surface area (Å²) in [7, 11) is 0. The first-order valence-corrected chi connectivity index (χ1v) is 10.9. The van der Waals surface area contributed by atoms with Crippen LogP contribution >= 0.6 is 11.6 Å². The second kappa shape index (κ2) is 9.02. The van der Waals surface area contributed by atoms with Crippen LogP contribution in [0.15, 0.2) is 54.6 Å². The molecule has 1 N–H and O–H groups in total. The molecule has 1 aliphatic rings. The highest BCUT2D eigenvalue weighted by Crippen LogP contribution is 2.35. The van der Waals surface area contributed by atoms with Gasteiger partial charge in [0.05, 0.1) is 23.5 Å². The number of benzene rings is 2. The van der Waals surface area contributed by atoms with Crippen molar-refractivity contribution in [1.29, 1.82) is 0 Å². The number of aryl methyl sites for hydroxylation is 1. The van der Waals surface area contributed by atoms with E-state index in [9.17, 15) is 4.79 Å². The summed E-state index contributed by atoms with van der Waals surface area (Å²) in [6.45, 7) is 6.31. The number of rotatable bonds is 7. The van der Waals surface area contributed by atoms with E-state index in [0.717, 1.165) is 29.8 Å². The number of hydrogen-bond donors (Lipinski definition) is 1. The van der Waals surface area contributed by atoms with Crippen LogP contribution in [-0.4, -0.2) is 32.8 Å². The molecule has 0 atom stereocenters. The van der Waals surface area contributed by atoms with Crippen LogP contribution in [0.5, 0.6) is 11.6 Å². The molecule has 2 amide bonds. The zero-order chi connectivity index (χ0) is 22.0. The molecule has 31 heavy (non-hydrogen) atoms. The molecule has 0 spiro atoms. The number of halogens is 1. The van der Waals surface area contributed by atoms with Gasteiger partial charge in [-0.25, -0.2) is 9.48 Å². The number of urea groups is 1. The van der Waals surface area contributed by atoms with E-state index in [1.54, 1.807) is 4.68 Å². The Morgan fingerprint density at radius 2 is 1.97 bits per heavy atom. The van der Waals surface area contributed by atoms with Crippen LogP contribution in [0, 0.1) is 6.92 Å². The number of ether oxygens (including phenoxy) is 1. The van der Waals surface area contributed by atoms with Gasteiger partial charge in [0, 0.05) is 17.1 Å². The maximum atomic E-state index is 12.9. The Bertz CT molecular complexity index is 1060. The van der Waals surface area contributed by atoms with Crippen molar-refractivity contribution in [3.05, 3.63) is 70.9 Å². The fourth-order valence-corrected chi connectivity index (χ4v) is 3.65. The van der Waals surface area contributed by atoms with Crippen molar-refractivity contribution in [2.24, 2.45) is 0 Å². The fourth-order valence-electron chi connectivity index (χ4n) is 3.46. The summed E-state index contributed by atoms with van der Waals surface area (Å²) in [4.78, 5) is 14.8. The highest BCUT2D eigenvalue weighted by Gasteiger charge is 2.35. The second-order valence-electron chi connectivity index (χ2n) is 8.14. The van der Waals surface area contributed by atoms with Gasteiger partial charge in [0.15, 0.2) is 0 Å². The van der Waals surface area contributed by atoms with E-state index in [0.29, 0.717) is 23.2 Å². The number of hydrogen-bond acceptors (Lipinski definition) is 3. The molecule has 0 unspecified atom stereocenters. The Kier molecular flexibility index (Phi) is 6.18. The number of carbonyl (C=O) groups is 1. The summed E-state index contributed by atoms with van der Waals surface area (Å²) in [5.74, 6) is 1.30. The van der Waals surface area contributed by atoms with E-state index in [1.165, 1.54) is 0 Å². The van der Waals surface area contributed by atoms with Gasteiger partial charge in [-0.05, 0) is 63.9 Å². The van der Waals surface area contributed by atoms with Gasteiger partial charge in [-0.1, -0.05) is 35.9 Å². The molecule has 1 heterocycles. The Balaban J connectivity index is 1.74. The molecule has 0 bridgehead atoms. The van der Waals surface area contributed by atoms with Crippen molar-refractivity contribution in [2.75, 3.05) is 0 Å². The maximum Gasteiger partial charge on any atom is 0.318 e. The van der Waals surface area contributed by atoms with Crippen LogP contribution in [0.2, 0.25) is 5.02 Å². The standard InChI is InChI=1S/C24H27ClN4O2/c1-16(2)26-24(30)28(19-12-13-19)15-22-17(3)27-29(20-9-7-8-18(25)14-20)23(22)31-21-10-5-4-6-11-21/h4-11,14,16,19H,12-13,15H2,1-3H3,(H,26,30). The summed E-state index contributed by atoms with van der Waals surface area (Å²) in [5.41, 5.74) is 2.50. The average molecular weight is 439 g/mol. The van der Waals surface area contributed by atoms with Crippen LogP contribution < -0.4 is 10.1 Å². The normalized spacial score (nSPS) is 13.3. The molecule has 7 heteroatoms.